The van der Waals surface area contributed by atoms with Crippen molar-refractivity contribution in [2.45, 2.75) is 6.42 Å². The largest absolute Gasteiger partial charge is 0.494 e. The minimum Gasteiger partial charge on any atom is -0.494 e. The molecule has 2 rings (SSSR count). The first-order valence-electron chi connectivity index (χ1n) is 4.26. The second kappa shape index (κ2) is 3.29. The number of benzene rings is 1. The van der Waals surface area contributed by atoms with Gasteiger partial charge < -0.3 is 9.47 Å². The van der Waals surface area contributed by atoms with Gasteiger partial charge in [0, 0.05) is 6.42 Å². The normalized spacial score (nSPS) is 14.6. The highest BCUT2D eigenvalue weighted by molar-refractivity contribution is 5.92. The number of ether oxygens (including phenoxy) is 2. The minimum atomic E-state index is -0.537. The predicted molar refractivity (Wildman–Crippen MR) is 46.9 cm³/mol. The first kappa shape index (κ1) is 8.99. The van der Waals surface area contributed by atoms with E-state index in [9.17, 15) is 9.18 Å². The van der Waals surface area contributed by atoms with Crippen LogP contribution in [0, 0.1) is 5.82 Å². The quantitative estimate of drug-likeness (QED) is 0.639. The van der Waals surface area contributed by atoms with Gasteiger partial charge in [0.15, 0.2) is 11.6 Å². The molecule has 1 aromatic carbocycles. The lowest BCUT2D eigenvalue weighted by Gasteiger charge is -2.16. The zero-order valence-corrected chi connectivity index (χ0v) is 7.67. The summed E-state index contributed by atoms with van der Waals surface area (Å²) < 4.78 is 22.8. The maximum atomic E-state index is 13.2. The maximum Gasteiger partial charge on any atom is 0.338 e. The Morgan fingerprint density at radius 2 is 2.29 bits per heavy atom. The van der Waals surface area contributed by atoms with Crippen LogP contribution in [0.15, 0.2) is 12.1 Å². The summed E-state index contributed by atoms with van der Waals surface area (Å²) in [4.78, 5) is 11.2. The van der Waals surface area contributed by atoms with Gasteiger partial charge >= 0.3 is 5.97 Å². The van der Waals surface area contributed by atoms with Crippen molar-refractivity contribution in [2.75, 3.05) is 13.7 Å². The number of methoxy groups -OCH3 is 1. The average molecular weight is 196 g/mol. The van der Waals surface area contributed by atoms with E-state index in [2.05, 4.69) is 0 Å². The Bertz CT molecular complexity index is 387. The summed E-state index contributed by atoms with van der Waals surface area (Å²) in [6.45, 7) is 0.348. The molecular formula is C10H9FO3. The van der Waals surface area contributed by atoms with Gasteiger partial charge in [0.2, 0.25) is 0 Å². The molecule has 0 radical (unpaired) electrons. The fourth-order valence-corrected chi connectivity index (χ4v) is 1.48. The van der Waals surface area contributed by atoms with Gasteiger partial charge in [-0.3, -0.25) is 0 Å². The van der Waals surface area contributed by atoms with Gasteiger partial charge in [-0.15, -0.1) is 0 Å². The lowest BCUT2D eigenvalue weighted by molar-refractivity contribution is 0.0479. The summed E-state index contributed by atoms with van der Waals surface area (Å²) in [6.07, 6.45) is 0.609. The van der Waals surface area contributed by atoms with Gasteiger partial charge in [0.05, 0.1) is 19.3 Å². The SMILES string of the molecule is COc1cc2c(cc1F)C(=O)OCC2. The van der Waals surface area contributed by atoms with Crippen LogP contribution in [0.2, 0.25) is 0 Å². The van der Waals surface area contributed by atoms with E-state index in [1.54, 1.807) is 6.07 Å². The number of carbonyl (C=O) groups is 1. The van der Waals surface area contributed by atoms with Crippen LogP contribution in [-0.2, 0) is 11.2 Å². The Balaban J connectivity index is 2.54. The number of fused-ring (bicyclic) bond motifs is 1. The van der Waals surface area contributed by atoms with Crippen LogP contribution in [-0.4, -0.2) is 19.7 Å². The second-order valence-electron chi connectivity index (χ2n) is 3.03. The van der Waals surface area contributed by atoms with Crippen LogP contribution in [0.25, 0.3) is 0 Å². The van der Waals surface area contributed by atoms with Crippen LogP contribution >= 0.6 is 0 Å². The molecule has 0 saturated heterocycles. The lowest BCUT2D eigenvalue weighted by atomic mass is 10.0. The first-order chi connectivity index (χ1) is 6.72. The summed E-state index contributed by atoms with van der Waals surface area (Å²) in [5, 5.41) is 0. The highest BCUT2D eigenvalue weighted by Gasteiger charge is 2.21. The van der Waals surface area contributed by atoms with Crippen molar-refractivity contribution >= 4 is 5.97 Å². The highest BCUT2D eigenvalue weighted by atomic mass is 19.1. The Morgan fingerprint density at radius 3 is 3.00 bits per heavy atom. The number of carbonyl (C=O) groups excluding carboxylic acids is 1. The van der Waals surface area contributed by atoms with Gasteiger partial charge in [0.25, 0.3) is 0 Å². The average Bonchev–Trinajstić information content (AvgIpc) is 2.19. The minimum absolute atomic E-state index is 0.165. The second-order valence-corrected chi connectivity index (χ2v) is 3.03. The summed E-state index contributed by atoms with van der Waals surface area (Å²) in [6, 6.07) is 2.71. The van der Waals surface area contributed by atoms with Crippen molar-refractivity contribution in [1.82, 2.24) is 0 Å². The van der Waals surface area contributed by atoms with Crippen molar-refractivity contribution in [3.05, 3.63) is 29.1 Å². The van der Waals surface area contributed by atoms with Gasteiger partial charge in [-0.1, -0.05) is 0 Å². The number of halogens is 1. The Hall–Kier alpha value is -1.58. The van der Waals surface area contributed by atoms with Crippen molar-refractivity contribution in [2.24, 2.45) is 0 Å². The zero-order valence-electron chi connectivity index (χ0n) is 7.67. The van der Waals surface area contributed by atoms with E-state index < -0.39 is 11.8 Å². The molecule has 0 N–H and O–H groups in total. The summed E-state index contributed by atoms with van der Waals surface area (Å²) >= 11 is 0. The molecule has 14 heavy (non-hydrogen) atoms. The van der Waals surface area contributed by atoms with Gasteiger partial charge in [-0.25, -0.2) is 9.18 Å². The van der Waals surface area contributed by atoms with Crippen LogP contribution < -0.4 is 4.74 Å². The van der Waals surface area contributed by atoms with E-state index in [1.165, 1.54) is 7.11 Å². The van der Waals surface area contributed by atoms with Gasteiger partial charge in [0.1, 0.15) is 0 Å². The monoisotopic (exact) mass is 196 g/mol. The summed E-state index contributed by atoms with van der Waals surface area (Å²) in [5.74, 6) is -0.837. The lowest BCUT2D eigenvalue weighted by Crippen LogP contribution is -2.18. The van der Waals surface area contributed by atoms with Crippen molar-refractivity contribution in [3.8, 4) is 5.75 Å². The summed E-state index contributed by atoms with van der Waals surface area (Å²) in [7, 11) is 1.39. The van der Waals surface area contributed by atoms with E-state index in [0.29, 0.717) is 18.6 Å². The zero-order chi connectivity index (χ0) is 10.1. The maximum absolute atomic E-state index is 13.2. The van der Waals surface area contributed by atoms with E-state index in [4.69, 9.17) is 9.47 Å². The van der Waals surface area contributed by atoms with Gasteiger partial charge in [-0.2, -0.15) is 0 Å². The predicted octanol–water partition coefficient (Wildman–Crippen LogP) is 1.55. The van der Waals surface area contributed by atoms with E-state index in [0.717, 1.165) is 11.6 Å². The Morgan fingerprint density at radius 1 is 1.50 bits per heavy atom. The molecule has 74 valence electrons. The topological polar surface area (TPSA) is 35.5 Å². The van der Waals surface area contributed by atoms with Crippen LogP contribution in [0.1, 0.15) is 15.9 Å². The Labute approximate surface area is 80.4 Å². The first-order valence-corrected chi connectivity index (χ1v) is 4.26. The van der Waals surface area contributed by atoms with Crippen molar-refractivity contribution < 1.29 is 18.7 Å². The van der Waals surface area contributed by atoms with E-state index in [-0.39, 0.29) is 5.75 Å². The molecule has 0 atom stereocenters. The molecule has 1 aliphatic heterocycles. The smallest absolute Gasteiger partial charge is 0.338 e. The van der Waals surface area contributed by atoms with E-state index in [1.807, 2.05) is 0 Å². The van der Waals surface area contributed by atoms with Crippen molar-refractivity contribution in [3.63, 3.8) is 0 Å². The van der Waals surface area contributed by atoms with Crippen LogP contribution in [0.5, 0.6) is 5.75 Å². The number of esters is 1. The number of cyclic esters (lactones) is 1. The van der Waals surface area contributed by atoms with Crippen molar-refractivity contribution in [1.29, 1.82) is 0 Å². The molecule has 4 heteroatoms. The molecule has 0 spiro atoms. The molecule has 1 heterocycles. The molecule has 3 nitrogen and oxygen atoms in total. The third-order valence-corrected chi connectivity index (χ3v) is 2.20. The third kappa shape index (κ3) is 1.32. The molecule has 0 aliphatic carbocycles. The molecule has 0 saturated carbocycles. The molecular weight excluding hydrogens is 187 g/mol. The standard InChI is InChI=1S/C10H9FO3/c1-13-9-4-6-2-3-14-10(12)7(6)5-8(9)11/h4-5H,2-3H2,1H3. The molecule has 0 fully saturated rings. The number of hydrogen-bond acceptors (Lipinski definition) is 3. The Kier molecular flexibility index (Phi) is 2.11. The highest BCUT2D eigenvalue weighted by Crippen LogP contribution is 2.25. The number of hydrogen-bond donors (Lipinski definition) is 0. The molecule has 0 amide bonds. The van der Waals surface area contributed by atoms with E-state index >= 15 is 0 Å². The fraction of sp³-hybridized carbons (Fsp3) is 0.300. The molecule has 1 aromatic rings. The third-order valence-electron chi connectivity index (χ3n) is 2.20. The van der Waals surface area contributed by atoms with Crippen LogP contribution in [0.3, 0.4) is 0 Å². The molecule has 1 aliphatic rings. The van der Waals surface area contributed by atoms with Crippen LogP contribution in [0.4, 0.5) is 4.39 Å². The fourth-order valence-electron chi connectivity index (χ4n) is 1.48. The number of rotatable bonds is 1. The molecule has 0 unspecified atom stereocenters. The molecule has 0 aromatic heterocycles. The molecule has 0 bridgehead atoms. The van der Waals surface area contributed by atoms with Gasteiger partial charge in [-0.05, 0) is 17.7 Å². The summed E-state index contributed by atoms with van der Waals surface area (Å²) in [5.41, 5.74) is 1.08.